The van der Waals surface area contributed by atoms with E-state index in [1.165, 1.54) is 9.30 Å². The van der Waals surface area contributed by atoms with Crippen LogP contribution in [-0.2, 0) is 0 Å². The van der Waals surface area contributed by atoms with E-state index >= 15 is 0 Å². The molecule has 0 saturated heterocycles. The molecule has 1 aliphatic rings. The minimum atomic E-state index is -0.546. The Hall–Kier alpha value is -1.57. The van der Waals surface area contributed by atoms with Gasteiger partial charge >= 0.3 is 121 Å². The number of anilines is 2. The molecule has 4 nitrogen and oxygen atoms in total. The van der Waals surface area contributed by atoms with Crippen molar-refractivity contribution < 1.29 is 4.92 Å². The fourth-order valence-electron chi connectivity index (χ4n) is 2.28. The van der Waals surface area contributed by atoms with Gasteiger partial charge in [-0.25, -0.2) is 0 Å². The second kappa shape index (κ2) is 4.84. The van der Waals surface area contributed by atoms with Gasteiger partial charge in [0.1, 0.15) is 0 Å². The summed E-state index contributed by atoms with van der Waals surface area (Å²) in [5, 5.41) is 10.9. The molecular formula is C14H12N2O2Te. The van der Waals surface area contributed by atoms with Crippen molar-refractivity contribution in [1.82, 2.24) is 0 Å². The van der Waals surface area contributed by atoms with Crippen LogP contribution in [0.3, 0.4) is 0 Å². The van der Waals surface area contributed by atoms with Crippen molar-refractivity contribution in [1.29, 1.82) is 0 Å². The summed E-state index contributed by atoms with van der Waals surface area (Å²) in [7, 11) is 0. The van der Waals surface area contributed by atoms with E-state index < -0.39 is 20.9 Å². The summed E-state index contributed by atoms with van der Waals surface area (Å²) < 4.78 is 2.50. The zero-order valence-corrected chi connectivity index (χ0v) is 12.7. The molecule has 0 atom stereocenters. The van der Waals surface area contributed by atoms with Gasteiger partial charge in [0, 0.05) is 0 Å². The van der Waals surface area contributed by atoms with Gasteiger partial charge in [-0.2, -0.15) is 0 Å². The molecule has 2 aromatic carbocycles. The Morgan fingerprint density at radius 2 is 1.89 bits per heavy atom. The van der Waals surface area contributed by atoms with Crippen molar-refractivity contribution in [3.8, 4) is 0 Å². The predicted octanol–water partition coefficient (Wildman–Crippen LogP) is 1.72. The van der Waals surface area contributed by atoms with Gasteiger partial charge in [-0.15, -0.1) is 0 Å². The Bertz CT molecular complexity index is 658. The zero-order chi connectivity index (χ0) is 13.4. The van der Waals surface area contributed by atoms with Crippen LogP contribution in [0.25, 0.3) is 0 Å². The van der Waals surface area contributed by atoms with Crippen LogP contribution in [0.5, 0.6) is 0 Å². The number of benzene rings is 2. The second-order valence-corrected chi connectivity index (χ2v) is 7.32. The summed E-state index contributed by atoms with van der Waals surface area (Å²) in [6, 6.07) is 13.6. The molecule has 0 spiro atoms. The maximum absolute atomic E-state index is 10.9. The second-order valence-electron chi connectivity index (χ2n) is 4.22. The first kappa shape index (κ1) is 12.5. The van der Waals surface area contributed by atoms with E-state index in [1.54, 1.807) is 12.1 Å². The molecule has 0 fully saturated rings. The van der Waals surface area contributed by atoms with Gasteiger partial charge in [0.05, 0.1) is 0 Å². The Balaban J connectivity index is 2.14. The van der Waals surface area contributed by atoms with Gasteiger partial charge in [0.15, 0.2) is 0 Å². The van der Waals surface area contributed by atoms with Gasteiger partial charge in [0.25, 0.3) is 0 Å². The van der Waals surface area contributed by atoms with Crippen molar-refractivity contribution in [3.63, 3.8) is 0 Å². The molecule has 5 heteroatoms. The number of nitro groups is 1. The molecule has 3 rings (SSSR count). The van der Waals surface area contributed by atoms with E-state index in [-0.39, 0.29) is 10.6 Å². The number of fused-ring (bicyclic) bond motifs is 2. The van der Waals surface area contributed by atoms with Crippen molar-refractivity contribution in [2.45, 2.75) is 6.92 Å². The summed E-state index contributed by atoms with van der Waals surface area (Å²) >= 11 is -0.546. The molecular weight excluding hydrogens is 356 g/mol. The van der Waals surface area contributed by atoms with Gasteiger partial charge in [-0.3, -0.25) is 0 Å². The number of nitrogens with zero attached hydrogens (tertiary/aromatic N) is 2. The topological polar surface area (TPSA) is 46.4 Å². The van der Waals surface area contributed by atoms with Crippen LogP contribution >= 0.6 is 0 Å². The first-order valence-electron chi connectivity index (χ1n) is 6.03. The molecule has 0 saturated carbocycles. The Morgan fingerprint density at radius 3 is 2.63 bits per heavy atom. The average Bonchev–Trinajstić information content (AvgIpc) is 2.43. The number of para-hydroxylation sites is 1. The fraction of sp³-hybridized carbons (Fsp3) is 0.143. The molecule has 19 heavy (non-hydrogen) atoms. The number of rotatable bonds is 2. The van der Waals surface area contributed by atoms with Gasteiger partial charge < -0.3 is 0 Å². The van der Waals surface area contributed by atoms with E-state index in [1.807, 2.05) is 18.2 Å². The molecule has 0 aromatic heterocycles. The molecule has 1 aliphatic heterocycles. The number of nitro benzene ring substituents is 1. The third-order valence-corrected chi connectivity index (χ3v) is 6.31. The Labute approximate surface area is 121 Å². The van der Waals surface area contributed by atoms with Crippen LogP contribution in [0.4, 0.5) is 17.1 Å². The van der Waals surface area contributed by atoms with Crippen molar-refractivity contribution in [2.24, 2.45) is 0 Å². The number of non-ortho nitro benzene ring substituents is 1. The summed E-state index contributed by atoms with van der Waals surface area (Å²) in [6.07, 6.45) is 0. The Kier molecular flexibility index (Phi) is 3.17. The van der Waals surface area contributed by atoms with Gasteiger partial charge in [-0.05, 0) is 0 Å². The van der Waals surface area contributed by atoms with Crippen molar-refractivity contribution in [3.05, 3.63) is 52.6 Å². The summed E-state index contributed by atoms with van der Waals surface area (Å²) in [4.78, 5) is 12.8. The van der Waals surface area contributed by atoms with Gasteiger partial charge in [-0.1, -0.05) is 0 Å². The zero-order valence-electron chi connectivity index (χ0n) is 10.4. The molecule has 0 unspecified atom stereocenters. The molecule has 2 aromatic rings. The first-order chi connectivity index (χ1) is 9.20. The molecule has 96 valence electrons. The molecule has 0 radical (unpaired) electrons. The van der Waals surface area contributed by atoms with E-state index in [0.29, 0.717) is 0 Å². The average molecular weight is 368 g/mol. The number of hydrogen-bond donors (Lipinski definition) is 0. The number of hydrogen-bond acceptors (Lipinski definition) is 3. The van der Waals surface area contributed by atoms with Gasteiger partial charge in [0.2, 0.25) is 0 Å². The summed E-state index contributed by atoms with van der Waals surface area (Å²) in [5.41, 5.74) is 2.59. The van der Waals surface area contributed by atoms with E-state index in [2.05, 4.69) is 24.0 Å². The third-order valence-electron chi connectivity index (χ3n) is 3.14. The third kappa shape index (κ3) is 2.09. The quantitative estimate of drug-likeness (QED) is 0.461. The van der Waals surface area contributed by atoms with Crippen LogP contribution in [0, 0.1) is 10.1 Å². The van der Waals surface area contributed by atoms with Crippen LogP contribution in [0.1, 0.15) is 6.92 Å². The molecule has 0 amide bonds. The fourth-order valence-corrected chi connectivity index (χ4v) is 5.50. The summed E-state index contributed by atoms with van der Waals surface area (Å²) in [5.74, 6) is 0. The van der Waals surface area contributed by atoms with Crippen LogP contribution in [0.15, 0.2) is 42.5 Å². The molecule has 0 N–H and O–H groups in total. The first-order valence-corrected chi connectivity index (χ1v) is 8.36. The molecule has 0 bridgehead atoms. The normalized spacial score (nSPS) is 12.8. The van der Waals surface area contributed by atoms with Crippen molar-refractivity contribution >= 4 is 45.2 Å². The van der Waals surface area contributed by atoms with Crippen LogP contribution in [-0.4, -0.2) is 32.4 Å². The SMILES string of the molecule is CCN1c2ccccc2[Te]c2cc([N+](=O)[O-])ccc21. The summed E-state index contributed by atoms with van der Waals surface area (Å²) in [6.45, 7) is 2.97. The molecule has 0 aliphatic carbocycles. The van der Waals surface area contributed by atoms with Crippen LogP contribution in [0.2, 0.25) is 0 Å². The van der Waals surface area contributed by atoms with E-state index in [0.717, 1.165) is 15.8 Å². The minimum absolute atomic E-state index is 0.194. The Morgan fingerprint density at radius 1 is 1.16 bits per heavy atom. The van der Waals surface area contributed by atoms with Crippen molar-refractivity contribution in [2.75, 3.05) is 11.4 Å². The predicted molar refractivity (Wildman–Crippen MR) is 77.2 cm³/mol. The molecule has 1 heterocycles. The maximum atomic E-state index is 10.9. The van der Waals surface area contributed by atoms with Crippen LogP contribution < -0.4 is 12.1 Å². The standard InChI is InChI=1S/C14H12N2O2Te/c1-2-15-11-5-3-4-6-13(11)19-14-9-10(16(17)18)7-8-12(14)15/h3-9H,2H2,1H3. The van der Waals surface area contributed by atoms with E-state index in [4.69, 9.17) is 0 Å². The monoisotopic (exact) mass is 370 g/mol. The van der Waals surface area contributed by atoms with E-state index in [9.17, 15) is 10.1 Å².